The summed E-state index contributed by atoms with van der Waals surface area (Å²) in [5.41, 5.74) is -0.893. The van der Waals surface area contributed by atoms with E-state index in [1.807, 2.05) is 20.8 Å². The fourth-order valence-corrected chi connectivity index (χ4v) is 5.38. The van der Waals surface area contributed by atoms with Gasteiger partial charge in [-0.1, -0.05) is 39.0 Å². The number of fused-ring (bicyclic) bond motifs is 1. The zero-order valence-electron chi connectivity index (χ0n) is 26.9. The summed E-state index contributed by atoms with van der Waals surface area (Å²) in [4.78, 5) is 31.0. The van der Waals surface area contributed by atoms with Crippen LogP contribution in [0.5, 0.6) is 0 Å². The number of furan rings is 1. The summed E-state index contributed by atoms with van der Waals surface area (Å²) in [7, 11) is 1.40. The minimum atomic E-state index is -4.74. The first-order valence-electron chi connectivity index (χ1n) is 15.1. The van der Waals surface area contributed by atoms with Gasteiger partial charge in [-0.05, 0) is 59.5 Å². The lowest BCUT2D eigenvalue weighted by atomic mass is 9.87. The van der Waals surface area contributed by atoms with E-state index in [4.69, 9.17) is 4.42 Å². The van der Waals surface area contributed by atoms with Crippen molar-refractivity contribution in [2.75, 3.05) is 7.05 Å². The molecule has 0 aliphatic carbocycles. The van der Waals surface area contributed by atoms with Gasteiger partial charge in [-0.25, -0.2) is 9.36 Å². The van der Waals surface area contributed by atoms with Gasteiger partial charge in [0, 0.05) is 42.6 Å². The number of carbonyl (C=O) groups is 2. The minimum Gasteiger partial charge on any atom is -0.437 e. The number of nitrogens with one attached hydrogen (secondary N) is 1. The Morgan fingerprint density at radius 1 is 0.800 bits per heavy atom. The smallest absolute Gasteiger partial charge is 0.435 e. The standard InChI is InChI=1S/C35H28F6N6O3/c1-33(2,3)18-25(48)21-7-5-6-20(16-21)23-17-24-28(31(49)42-4)29(50-32(24)43-30(23)47-15-13-27(45-47)35(39,40)41)19-8-10-22(11-9-19)46-14-12-26(44-46)34(36,37)38/h5-17H,18H2,1-4H3,(H,42,49). The topological polar surface area (TPSA) is 108 Å². The highest BCUT2D eigenvalue weighted by Crippen LogP contribution is 2.39. The van der Waals surface area contributed by atoms with Crippen molar-refractivity contribution in [3.63, 3.8) is 0 Å². The molecule has 50 heavy (non-hydrogen) atoms. The number of halogens is 6. The van der Waals surface area contributed by atoms with E-state index in [0.717, 1.165) is 33.9 Å². The zero-order valence-corrected chi connectivity index (χ0v) is 26.9. The molecule has 0 aliphatic heterocycles. The van der Waals surface area contributed by atoms with Crippen LogP contribution in [0.15, 0.2) is 83.5 Å². The largest absolute Gasteiger partial charge is 0.437 e. The minimum absolute atomic E-state index is 0.0449. The van der Waals surface area contributed by atoms with Gasteiger partial charge in [-0.2, -0.15) is 41.5 Å². The molecule has 1 amide bonds. The molecule has 0 aliphatic rings. The second-order valence-electron chi connectivity index (χ2n) is 12.7. The maximum absolute atomic E-state index is 13.6. The van der Waals surface area contributed by atoms with Gasteiger partial charge < -0.3 is 9.73 Å². The summed E-state index contributed by atoms with van der Waals surface area (Å²) in [6.07, 6.45) is -6.87. The SMILES string of the molecule is CNC(=O)c1c(-c2ccc(-n3ccc(C(F)(F)F)n3)cc2)oc2nc(-n3ccc(C(F)(F)F)n3)c(-c3cccc(C(=O)CC(C)(C)C)c3)cc12. The fourth-order valence-electron chi connectivity index (χ4n) is 5.38. The van der Waals surface area contributed by atoms with Crippen LogP contribution >= 0.6 is 0 Å². The Hall–Kier alpha value is -5.73. The maximum Gasteiger partial charge on any atom is 0.435 e. The van der Waals surface area contributed by atoms with E-state index in [-0.39, 0.29) is 51.4 Å². The molecule has 2 aromatic carbocycles. The molecule has 0 fully saturated rings. The van der Waals surface area contributed by atoms with Gasteiger partial charge in [-0.3, -0.25) is 9.59 Å². The second-order valence-corrected chi connectivity index (χ2v) is 12.7. The summed E-state index contributed by atoms with van der Waals surface area (Å²) in [5.74, 6) is -0.730. The van der Waals surface area contributed by atoms with Crippen molar-refractivity contribution >= 4 is 22.8 Å². The van der Waals surface area contributed by atoms with E-state index in [1.54, 1.807) is 24.3 Å². The molecule has 9 nitrogen and oxygen atoms in total. The number of hydrogen-bond acceptors (Lipinski definition) is 6. The van der Waals surface area contributed by atoms with Crippen molar-refractivity contribution in [3.8, 4) is 34.0 Å². The first-order chi connectivity index (χ1) is 23.4. The number of ketones is 1. The first-order valence-corrected chi connectivity index (χ1v) is 15.1. The Bertz CT molecular complexity index is 2240. The number of rotatable bonds is 7. The van der Waals surface area contributed by atoms with Crippen LogP contribution < -0.4 is 5.32 Å². The van der Waals surface area contributed by atoms with Gasteiger partial charge >= 0.3 is 12.4 Å². The van der Waals surface area contributed by atoms with Crippen LogP contribution in [0, 0.1) is 5.41 Å². The van der Waals surface area contributed by atoms with Crippen molar-refractivity contribution in [2.24, 2.45) is 5.41 Å². The van der Waals surface area contributed by atoms with E-state index in [2.05, 4.69) is 20.5 Å². The summed E-state index contributed by atoms with van der Waals surface area (Å²) < 4.78 is 88.1. The van der Waals surface area contributed by atoms with Gasteiger partial charge in [0.15, 0.2) is 23.0 Å². The molecular weight excluding hydrogens is 666 g/mol. The van der Waals surface area contributed by atoms with Crippen LogP contribution in [0.2, 0.25) is 0 Å². The molecule has 0 bridgehead atoms. The molecule has 1 N–H and O–H groups in total. The third-order valence-corrected chi connectivity index (χ3v) is 7.67. The normalized spacial score (nSPS) is 12.4. The third-order valence-electron chi connectivity index (χ3n) is 7.67. The average Bonchev–Trinajstić information content (AvgIpc) is 3.82. The van der Waals surface area contributed by atoms with Crippen molar-refractivity contribution < 1.29 is 40.3 Å². The number of alkyl halides is 6. The number of carbonyl (C=O) groups excluding carboxylic acids is 2. The van der Waals surface area contributed by atoms with Gasteiger partial charge in [0.1, 0.15) is 5.76 Å². The Morgan fingerprint density at radius 3 is 2.00 bits per heavy atom. The Morgan fingerprint density at radius 2 is 1.42 bits per heavy atom. The lowest BCUT2D eigenvalue weighted by molar-refractivity contribution is -0.142. The van der Waals surface area contributed by atoms with E-state index in [0.29, 0.717) is 22.4 Å². The van der Waals surface area contributed by atoms with E-state index in [1.165, 1.54) is 37.4 Å². The van der Waals surface area contributed by atoms with Gasteiger partial charge in [0.25, 0.3) is 5.91 Å². The summed E-state index contributed by atoms with van der Waals surface area (Å²) in [6.45, 7) is 5.77. The molecule has 0 spiro atoms. The fraction of sp³-hybridized carbons (Fsp3) is 0.229. The molecule has 6 rings (SSSR count). The molecule has 0 saturated heterocycles. The number of amides is 1. The lowest BCUT2D eigenvalue weighted by Gasteiger charge is -2.17. The Balaban J connectivity index is 1.53. The number of benzene rings is 2. The lowest BCUT2D eigenvalue weighted by Crippen LogP contribution is -2.18. The molecule has 4 aromatic heterocycles. The highest BCUT2D eigenvalue weighted by molar-refractivity contribution is 6.11. The van der Waals surface area contributed by atoms with Crippen molar-refractivity contribution in [3.05, 3.63) is 102 Å². The van der Waals surface area contributed by atoms with Crippen LogP contribution in [0.1, 0.15) is 59.3 Å². The van der Waals surface area contributed by atoms with Crippen molar-refractivity contribution in [1.29, 1.82) is 0 Å². The second kappa shape index (κ2) is 12.3. The molecule has 6 aromatic rings. The number of pyridine rings is 1. The number of aromatic nitrogens is 5. The maximum atomic E-state index is 13.6. The van der Waals surface area contributed by atoms with Crippen LogP contribution in [-0.4, -0.2) is 43.3 Å². The summed E-state index contributed by atoms with van der Waals surface area (Å²) in [6, 6.07) is 15.7. The molecule has 0 unspecified atom stereocenters. The molecular formula is C35H28F6N6O3. The first kappa shape index (κ1) is 34.1. The van der Waals surface area contributed by atoms with Gasteiger partial charge in [-0.15, -0.1) is 0 Å². The number of nitrogens with zero attached hydrogens (tertiary/aromatic N) is 5. The van der Waals surface area contributed by atoms with Gasteiger partial charge in [0.05, 0.1) is 16.6 Å². The van der Waals surface area contributed by atoms with Crippen LogP contribution in [-0.2, 0) is 12.4 Å². The average molecular weight is 695 g/mol. The molecule has 4 heterocycles. The number of Topliss-reactive ketones (excluding diaryl/α,β-unsaturated/α-hetero) is 1. The molecule has 0 saturated carbocycles. The molecule has 15 heteroatoms. The van der Waals surface area contributed by atoms with E-state index < -0.39 is 29.6 Å². The van der Waals surface area contributed by atoms with Crippen LogP contribution in [0.4, 0.5) is 26.3 Å². The Kier molecular flexibility index (Phi) is 8.40. The summed E-state index contributed by atoms with van der Waals surface area (Å²) >= 11 is 0. The van der Waals surface area contributed by atoms with E-state index in [9.17, 15) is 35.9 Å². The highest BCUT2D eigenvalue weighted by atomic mass is 19.4. The van der Waals surface area contributed by atoms with Crippen molar-refractivity contribution in [2.45, 2.75) is 39.5 Å². The molecule has 0 atom stereocenters. The molecule has 0 radical (unpaired) electrons. The van der Waals surface area contributed by atoms with E-state index >= 15 is 0 Å². The summed E-state index contributed by atoms with van der Waals surface area (Å²) in [5, 5.41) is 10.0. The van der Waals surface area contributed by atoms with Gasteiger partial charge in [0.2, 0.25) is 5.71 Å². The predicted molar refractivity (Wildman–Crippen MR) is 171 cm³/mol. The monoisotopic (exact) mass is 694 g/mol. The van der Waals surface area contributed by atoms with Crippen LogP contribution in [0.3, 0.4) is 0 Å². The Labute approximate surface area is 280 Å². The quantitative estimate of drug-likeness (QED) is 0.133. The van der Waals surface area contributed by atoms with Crippen LogP contribution in [0.25, 0.3) is 45.1 Å². The third kappa shape index (κ3) is 6.75. The highest BCUT2D eigenvalue weighted by Gasteiger charge is 2.35. The number of hydrogen-bond donors (Lipinski definition) is 1. The van der Waals surface area contributed by atoms with Crippen molar-refractivity contribution in [1.82, 2.24) is 29.9 Å². The predicted octanol–water partition coefficient (Wildman–Crippen LogP) is 8.55. The molecule has 258 valence electrons. The zero-order chi connectivity index (χ0) is 36.2.